The summed E-state index contributed by atoms with van der Waals surface area (Å²) < 4.78 is 8.68. The number of rotatable bonds is 7. The second kappa shape index (κ2) is 8.72. The van der Waals surface area contributed by atoms with Gasteiger partial charge in [-0.3, -0.25) is 9.48 Å². The Bertz CT molecular complexity index is 1000. The molecule has 2 aromatic heterocycles. The lowest BCUT2D eigenvalue weighted by Gasteiger charge is -2.12. The van der Waals surface area contributed by atoms with Crippen molar-refractivity contribution in [3.63, 3.8) is 0 Å². The van der Waals surface area contributed by atoms with Crippen molar-refractivity contribution in [3.05, 3.63) is 65.1 Å². The Hall–Kier alpha value is -3.42. The number of ether oxygens (including phenoxy) is 1. The van der Waals surface area contributed by atoms with Gasteiger partial charge in [-0.1, -0.05) is 30.3 Å². The number of aryl methyl sites for hydroxylation is 1. The third-order valence-corrected chi connectivity index (χ3v) is 4.52. The molecule has 152 valence electrons. The molecule has 0 bridgehead atoms. The van der Waals surface area contributed by atoms with Crippen molar-refractivity contribution >= 4 is 17.7 Å². The Kier molecular flexibility index (Phi) is 6.11. The van der Waals surface area contributed by atoms with Crippen LogP contribution in [0.1, 0.15) is 47.2 Å². The van der Waals surface area contributed by atoms with Crippen LogP contribution in [0.25, 0.3) is 0 Å². The van der Waals surface area contributed by atoms with E-state index in [1.165, 1.54) is 0 Å². The highest BCUT2D eigenvalue weighted by molar-refractivity contribution is 5.96. The third-order valence-electron chi connectivity index (χ3n) is 4.52. The second-order valence-corrected chi connectivity index (χ2v) is 7.07. The van der Waals surface area contributed by atoms with E-state index in [9.17, 15) is 9.59 Å². The van der Waals surface area contributed by atoms with E-state index in [0.29, 0.717) is 29.3 Å². The maximum atomic E-state index is 12.6. The normalized spacial score (nSPS) is 10.9. The number of carbonyl (C=O) groups excluding carboxylic acids is 2. The molecule has 8 heteroatoms. The van der Waals surface area contributed by atoms with Crippen molar-refractivity contribution in [2.45, 2.75) is 40.3 Å². The molecule has 0 aliphatic rings. The maximum Gasteiger partial charge on any atom is 0.342 e. The third kappa shape index (κ3) is 4.71. The molecule has 8 nitrogen and oxygen atoms in total. The van der Waals surface area contributed by atoms with Gasteiger partial charge in [-0.25, -0.2) is 9.48 Å². The van der Waals surface area contributed by atoms with Crippen LogP contribution in [0.5, 0.6) is 0 Å². The molecule has 0 spiro atoms. The second-order valence-electron chi connectivity index (χ2n) is 7.07. The average molecular weight is 395 g/mol. The van der Waals surface area contributed by atoms with Crippen LogP contribution in [-0.4, -0.2) is 38.0 Å². The van der Waals surface area contributed by atoms with E-state index in [0.717, 1.165) is 5.56 Å². The first-order chi connectivity index (χ1) is 13.9. The van der Waals surface area contributed by atoms with E-state index in [4.69, 9.17) is 4.74 Å². The Morgan fingerprint density at radius 1 is 1.14 bits per heavy atom. The molecule has 29 heavy (non-hydrogen) atoms. The summed E-state index contributed by atoms with van der Waals surface area (Å²) in [6.45, 7) is 7.67. The van der Waals surface area contributed by atoms with Crippen LogP contribution in [0.15, 0.2) is 42.6 Å². The van der Waals surface area contributed by atoms with Gasteiger partial charge in [0, 0.05) is 12.1 Å². The van der Waals surface area contributed by atoms with E-state index in [1.807, 2.05) is 51.1 Å². The van der Waals surface area contributed by atoms with Crippen LogP contribution >= 0.6 is 0 Å². The SMILES string of the molecule is Cc1nn(Cc2ccccc2)c(C)c1C(=O)OCC(=O)Nc1ccnn1C(C)C. The number of benzene rings is 1. The number of hydrogen-bond acceptors (Lipinski definition) is 5. The fourth-order valence-electron chi connectivity index (χ4n) is 3.11. The average Bonchev–Trinajstić information content (AvgIpc) is 3.25. The number of nitrogens with zero attached hydrogens (tertiary/aromatic N) is 4. The molecule has 1 N–H and O–H groups in total. The molecule has 0 fully saturated rings. The highest BCUT2D eigenvalue weighted by Crippen LogP contribution is 2.17. The molecule has 0 atom stereocenters. The molecule has 2 heterocycles. The molecule has 3 rings (SSSR count). The molecular formula is C21H25N5O3. The zero-order valence-electron chi connectivity index (χ0n) is 17.0. The largest absolute Gasteiger partial charge is 0.452 e. The minimum Gasteiger partial charge on any atom is -0.452 e. The van der Waals surface area contributed by atoms with Gasteiger partial charge < -0.3 is 10.1 Å². The van der Waals surface area contributed by atoms with Gasteiger partial charge in [-0.15, -0.1) is 0 Å². The smallest absolute Gasteiger partial charge is 0.342 e. The summed E-state index contributed by atoms with van der Waals surface area (Å²) in [7, 11) is 0. The van der Waals surface area contributed by atoms with Crippen LogP contribution in [-0.2, 0) is 16.1 Å². The van der Waals surface area contributed by atoms with Crippen molar-refractivity contribution in [1.29, 1.82) is 0 Å². The molecule has 1 aromatic carbocycles. The van der Waals surface area contributed by atoms with Gasteiger partial charge in [-0.2, -0.15) is 10.2 Å². The lowest BCUT2D eigenvalue weighted by atomic mass is 10.2. The van der Waals surface area contributed by atoms with Gasteiger partial charge in [-0.05, 0) is 33.3 Å². The quantitative estimate of drug-likeness (QED) is 0.621. The molecule has 1 amide bonds. The lowest BCUT2D eigenvalue weighted by Crippen LogP contribution is -2.23. The molecule has 0 aliphatic heterocycles. The van der Waals surface area contributed by atoms with E-state index in [1.54, 1.807) is 28.6 Å². The fraction of sp³-hybridized carbons (Fsp3) is 0.333. The van der Waals surface area contributed by atoms with Gasteiger partial charge in [0.05, 0.1) is 24.1 Å². The maximum absolute atomic E-state index is 12.6. The topological polar surface area (TPSA) is 91.0 Å². The van der Waals surface area contributed by atoms with Gasteiger partial charge in [0.2, 0.25) is 0 Å². The standard InChI is InChI=1S/C21H25N5O3/c1-14(2)26-18(10-11-22-26)23-19(27)13-29-21(28)20-15(3)24-25(16(20)4)12-17-8-6-5-7-9-17/h5-11,14H,12-13H2,1-4H3,(H,23,27). The van der Waals surface area contributed by atoms with Gasteiger partial charge >= 0.3 is 5.97 Å². The summed E-state index contributed by atoms with van der Waals surface area (Å²) in [4.78, 5) is 24.7. The van der Waals surface area contributed by atoms with Crippen LogP contribution in [0.2, 0.25) is 0 Å². The molecule has 0 radical (unpaired) electrons. The van der Waals surface area contributed by atoms with E-state index < -0.39 is 11.9 Å². The van der Waals surface area contributed by atoms with E-state index in [2.05, 4.69) is 15.5 Å². The minimum absolute atomic E-state index is 0.101. The highest BCUT2D eigenvalue weighted by atomic mass is 16.5. The monoisotopic (exact) mass is 395 g/mol. The zero-order chi connectivity index (χ0) is 21.0. The minimum atomic E-state index is -0.563. The zero-order valence-corrected chi connectivity index (χ0v) is 17.0. The predicted molar refractivity (Wildman–Crippen MR) is 109 cm³/mol. The Morgan fingerprint density at radius 2 is 1.86 bits per heavy atom. The molecule has 0 saturated carbocycles. The van der Waals surface area contributed by atoms with E-state index >= 15 is 0 Å². The van der Waals surface area contributed by atoms with Crippen LogP contribution in [0.4, 0.5) is 5.82 Å². The van der Waals surface area contributed by atoms with Gasteiger partial charge in [0.1, 0.15) is 11.4 Å². The Labute approximate surface area is 169 Å². The summed E-state index contributed by atoms with van der Waals surface area (Å²) in [5.41, 5.74) is 2.75. The highest BCUT2D eigenvalue weighted by Gasteiger charge is 2.21. The molecule has 0 unspecified atom stereocenters. The number of nitrogens with one attached hydrogen (secondary N) is 1. The number of amides is 1. The van der Waals surface area contributed by atoms with Crippen molar-refractivity contribution < 1.29 is 14.3 Å². The van der Waals surface area contributed by atoms with Crippen LogP contribution in [0, 0.1) is 13.8 Å². The summed E-state index contributed by atoms with van der Waals surface area (Å²) in [6, 6.07) is 11.7. The molecule has 3 aromatic rings. The van der Waals surface area contributed by atoms with Crippen molar-refractivity contribution in [2.24, 2.45) is 0 Å². The number of carbonyl (C=O) groups is 2. The Morgan fingerprint density at radius 3 is 2.55 bits per heavy atom. The predicted octanol–water partition coefficient (Wildman–Crippen LogP) is 3.12. The summed E-state index contributed by atoms with van der Waals surface area (Å²) in [6.07, 6.45) is 1.61. The summed E-state index contributed by atoms with van der Waals surface area (Å²) >= 11 is 0. The van der Waals surface area contributed by atoms with Crippen LogP contribution in [0.3, 0.4) is 0 Å². The van der Waals surface area contributed by atoms with Gasteiger partial charge in [0.15, 0.2) is 6.61 Å². The summed E-state index contributed by atoms with van der Waals surface area (Å²) in [5.74, 6) is -0.427. The number of hydrogen-bond donors (Lipinski definition) is 1. The van der Waals surface area contributed by atoms with Crippen molar-refractivity contribution in [3.8, 4) is 0 Å². The fourth-order valence-corrected chi connectivity index (χ4v) is 3.11. The number of esters is 1. The number of anilines is 1. The Balaban J connectivity index is 1.63. The van der Waals surface area contributed by atoms with Gasteiger partial charge in [0.25, 0.3) is 5.91 Å². The van der Waals surface area contributed by atoms with E-state index in [-0.39, 0.29) is 12.6 Å². The molecular weight excluding hydrogens is 370 g/mol. The first kappa shape index (κ1) is 20.3. The number of aromatic nitrogens is 4. The summed E-state index contributed by atoms with van der Waals surface area (Å²) in [5, 5.41) is 11.3. The van der Waals surface area contributed by atoms with Crippen LogP contribution < -0.4 is 5.32 Å². The lowest BCUT2D eigenvalue weighted by molar-refractivity contribution is -0.119. The molecule has 0 aliphatic carbocycles. The van der Waals surface area contributed by atoms with Crippen molar-refractivity contribution in [1.82, 2.24) is 19.6 Å². The first-order valence-corrected chi connectivity index (χ1v) is 9.45. The van der Waals surface area contributed by atoms with Crippen molar-refractivity contribution in [2.75, 3.05) is 11.9 Å². The molecule has 0 saturated heterocycles. The first-order valence-electron chi connectivity index (χ1n) is 9.45.